The maximum atomic E-state index is 4.29. The SMILES string of the molecule is c1ccc2c(-c3nncn3C3CC3)csc2c1. The topological polar surface area (TPSA) is 30.7 Å². The van der Waals surface area contributed by atoms with Crippen molar-refractivity contribution in [3.05, 3.63) is 36.0 Å². The van der Waals surface area contributed by atoms with Gasteiger partial charge in [-0.15, -0.1) is 21.5 Å². The second kappa shape index (κ2) is 3.40. The standard InChI is InChI=1S/C13H11N3S/c1-2-4-12-10(3-1)11(7-17-12)13-15-14-8-16(13)9-5-6-9/h1-4,7-9H,5-6H2. The largest absolute Gasteiger partial charge is 0.310 e. The molecule has 0 spiro atoms. The summed E-state index contributed by atoms with van der Waals surface area (Å²) in [6.07, 6.45) is 4.37. The lowest BCUT2D eigenvalue weighted by Crippen LogP contribution is -1.94. The maximum absolute atomic E-state index is 4.29. The summed E-state index contributed by atoms with van der Waals surface area (Å²) >= 11 is 1.77. The third-order valence-corrected chi connectivity index (χ3v) is 4.20. The molecule has 0 bridgehead atoms. The Balaban J connectivity index is 1.95. The highest BCUT2D eigenvalue weighted by molar-refractivity contribution is 7.17. The van der Waals surface area contributed by atoms with E-state index in [1.54, 1.807) is 11.3 Å². The van der Waals surface area contributed by atoms with E-state index in [-0.39, 0.29) is 0 Å². The lowest BCUT2D eigenvalue weighted by Gasteiger charge is -2.02. The molecule has 2 heterocycles. The fraction of sp³-hybridized carbons (Fsp3) is 0.231. The van der Waals surface area contributed by atoms with Gasteiger partial charge in [0.15, 0.2) is 5.82 Å². The van der Waals surface area contributed by atoms with Gasteiger partial charge in [-0.1, -0.05) is 18.2 Å². The smallest absolute Gasteiger partial charge is 0.165 e. The molecule has 0 saturated heterocycles. The zero-order valence-electron chi connectivity index (χ0n) is 9.21. The van der Waals surface area contributed by atoms with Crippen molar-refractivity contribution in [2.24, 2.45) is 0 Å². The molecule has 4 rings (SSSR count). The Bertz CT molecular complexity index is 679. The molecule has 1 aliphatic rings. The average Bonchev–Trinajstić information content (AvgIpc) is 2.94. The van der Waals surface area contributed by atoms with E-state index < -0.39 is 0 Å². The Labute approximate surface area is 103 Å². The molecule has 1 saturated carbocycles. The van der Waals surface area contributed by atoms with Gasteiger partial charge in [-0.05, 0) is 18.9 Å². The van der Waals surface area contributed by atoms with Crippen LogP contribution in [-0.2, 0) is 0 Å². The molecule has 0 atom stereocenters. The zero-order chi connectivity index (χ0) is 11.2. The van der Waals surface area contributed by atoms with E-state index >= 15 is 0 Å². The Morgan fingerprint density at radius 2 is 2.12 bits per heavy atom. The molecule has 3 nitrogen and oxygen atoms in total. The van der Waals surface area contributed by atoms with Crippen LogP contribution in [0.1, 0.15) is 18.9 Å². The van der Waals surface area contributed by atoms with Crippen molar-refractivity contribution in [2.45, 2.75) is 18.9 Å². The Morgan fingerprint density at radius 1 is 1.24 bits per heavy atom. The first-order chi connectivity index (χ1) is 8.43. The van der Waals surface area contributed by atoms with Crippen LogP contribution in [0.5, 0.6) is 0 Å². The number of thiophene rings is 1. The summed E-state index contributed by atoms with van der Waals surface area (Å²) in [4.78, 5) is 0. The number of hydrogen-bond donors (Lipinski definition) is 0. The van der Waals surface area contributed by atoms with Gasteiger partial charge in [0.05, 0.1) is 0 Å². The average molecular weight is 241 g/mol. The van der Waals surface area contributed by atoms with Gasteiger partial charge in [-0.3, -0.25) is 0 Å². The van der Waals surface area contributed by atoms with Crippen LogP contribution < -0.4 is 0 Å². The lowest BCUT2D eigenvalue weighted by molar-refractivity contribution is 0.747. The van der Waals surface area contributed by atoms with E-state index in [4.69, 9.17) is 0 Å². The van der Waals surface area contributed by atoms with E-state index in [2.05, 4.69) is 44.4 Å². The molecule has 0 radical (unpaired) electrons. The molecule has 1 fully saturated rings. The van der Waals surface area contributed by atoms with Crippen LogP contribution in [-0.4, -0.2) is 14.8 Å². The van der Waals surface area contributed by atoms with Gasteiger partial charge in [-0.25, -0.2) is 0 Å². The van der Waals surface area contributed by atoms with E-state index in [9.17, 15) is 0 Å². The molecule has 84 valence electrons. The first-order valence-corrected chi connectivity index (χ1v) is 6.67. The van der Waals surface area contributed by atoms with Crippen LogP contribution in [0, 0.1) is 0 Å². The van der Waals surface area contributed by atoms with E-state index in [0.29, 0.717) is 6.04 Å². The summed E-state index contributed by atoms with van der Waals surface area (Å²) in [7, 11) is 0. The minimum atomic E-state index is 0.624. The highest BCUT2D eigenvalue weighted by atomic mass is 32.1. The van der Waals surface area contributed by atoms with Gasteiger partial charge in [0.2, 0.25) is 0 Å². The van der Waals surface area contributed by atoms with Crippen molar-refractivity contribution in [2.75, 3.05) is 0 Å². The van der Waals surface area contributed by atoms with Crippen LogP contribution in [0.3, 0.4) is 0 Å². The van der Waals surface area contributed by atoms with Crippen LogP contribution in [0.2, 0.25) is 0 Å². The quantitative estimate of drug-likeness (QED) is 0.687. The summed E-state index contributed by atoms with van der Waals surface area (Å²) in [5.41, 5.74) is 1.22. The monoisotopic (exact) mass is 241 g/mol. The molecular weight excluding hydrogens is 230 g/mol. The summed E-state index contributed by atoms with van der Waals surface area (Å²) in [6, 6.07) is 9.10. The normalized spacial score (nSPS) is 15.5. The molecule has 1 aliphatic carbocycles. The molecular formula is C13H11N3S. The van der Waals surface area contributed by atoms with Crippen molar-refractivity contribution in [1.29, 1.82) is 0 Å². The lowest BCUT2D eigenvalue weighted by atomic mass is 10.1. The first kappa shape index (κ1) is 9.36. The molecule has 0 N–H and O–H groups in total. The van der Waals surface area contributed by atoms with Crippen LogP contribution in [0.4, 0.5) is 0 Å². The van der Waals surface area contributed by atoms with Crippen molar-refractivity contribution < 1.29 is 0 Å². The minimum absolute atomic E-state index is 0.624. The van der Waals surface area contributed by atoms with E-state index in [1.165, 1.54) is 28.5 Å². The molecule has 0 amide bonds. The van der Waals surface area contributed by atoms with Gasteiger partial charge in [0.25, 0.3) is 0 Å². The third-order valence-electron chi connectivity index (χ3n) is 3.24. The second-order valence-electron chi connectivity index (χ2n) is 4.44. The van der Waals surface area contributed by atoms with Gasteiger partial charge in [0, 0.05) is 27.1 Å². The first-order valence-electron chi connectivity index (χ1n) is 5.79. The van der Waals surface area contributed by atoms with Crippen LogP contribution in [0.15, 0.2) is 36.0 Å². The highest BCUT2D eigenvalue weighted by Crippen LogP contribution is 2.40. The molecule has 2 aromatic heterocycles. The zero-order valence-corrected chi connectivity index (χ0v) is 10.0. The van der Waals surface area contributed by atoms with E-state index in [1.807, 2.05) is 6.33 Å². The molecule has 17 heavy (non-hydrogen) atoms. The van der Waals surface area contributed by atoms with Crippen LogP contribution >= 0.6 is 11.3 Å². The Kier molecular flexibility index (Phi) is 1.87. The predicted molar refractivity (Wildman–Crippen MR) is 69.1 cm³/mol. The molecule has 4 heteroatoms. The fourth-order valence-electron chi connectivity index (χ4n) is 2.21. The number of aromatic nitrogens is 3. The van der Waals surface area contributed by atoms with Crippen molar-refractivity contribution in [1.82, 2.24) is 14.8 Å². The van der Waals surface area contributed by atoms with Gasteiger partial charge in [0.1, 0.15) is 6.33 Å². The predicted octanol–water partition coefficient (Wildman–Crippen LogP) is 3.49. The summed E-state index contributed by atoms with van der Waals surface area (Å²) < 4.78 is 3.53. The summed E-state index contributed by atoms with van der Waals surface area (Å²) in [6.45, 7) is 0. The Morgan fingerprint density at radius 3 is 3.00 bits per heavy atom. The number of rotatable bonds is 2. The van der Waals surface area contributed by atoms with Gasteiger partial charge >= 0.3 is 0 Å². The van der Waals surface area contributed by atoms with Crippen molar-refractivity contribution >= 4 is 21.4 Å². The summed E-state index contributed by atoms with van der Waals surface area (Å²) in [5.74, 6) is 1.02. The molecule has 0 unspecified atom stereocenters. The number of nitrogens with zero attached hydrogens (tertiary/aromatic N) is 3. The number of benzene rings is 1. The van der Waals surface area contributed by atoms with Crippen LogP contribution in [0.25, 0.3) is 21.5 Å². The third kappa shape index (κ3) is 1.41. The number of fused-ring (bicyclic) bond motifs is 1. The maximum Gasteiger partial charge on any atom is 0.165 e. The van der Waals surface area contributed by atoms with Crippen molar-refractivity contribution in [3.63, 3.8) is 0 Å². The van der Waals surface area contributed by atoms with Gasteiger partial charge < -0.3 is 4.57 Å². The molecule has 0 aliphatic heterocycles. The second-order valence-corrected chi connectivity index (χ2v) is 5.35. The minimum Gasteiger partial charge on any atom is -0.310 e. The van der Waals surface area contributed by atoms with Crippen molar-refractivity contribution in [3.8, 4) is 11.4 Å². The molecule has 1 aromatic carbocycles. The summed E-state index contributed by atoms with van der Waals surface area (Å²) in [5, 5.41) is 11.8. The fourth-order valence-corrected chi connectivity index (χ4v) is 3.15. The molecule has 3 aromatic rings. The highest BCUT2D eigenvalue weighted by Gasteiger charge is 2.27. The Hall–Kier alpha value is -1.68. The van der Waals surface area contributed by atoms with E-state index in [0.717, 1.165) is 5.82 Å². The van der Waals surface area contributed by atoms with Gasteiger partial charge in [-0.2, -0.15) is 0 Å². The number of hydrogen-bond acceptors (Lipinski definition) is 3.